The maximum atomic E-state index is 12.4. The molecule has 24 heavy (non-hydrogen) atoms. The molecule has 2 rings (SSSR count). The van der Waals surface area contributed by atoms with Crippen molar-refractivity contribution in [2.24, 2.45) is 5.73 Å². The molecule has 1 heterocycles. The van der Waals surface area contributed by atoms with Crippen molar-refractivity contribution in [1.82, 2.24) is 15.2 Å². The Morgan fingerprint density at radius 1 is 1.38 bits per heavy atom. The molecule has 10 heteroatoms. The molecular weight excluding hydrogens is 402 g/mol. The van der Waals surface area contributed by atoms with Crippen LogP contribution in [0.3, 0.4) is 0 Å². The number of hydrogen-bond acceptors (Lipinski definition) is 6. The summed E-state index contributed by atoms with van der Waals surface area (Å²) < 4.78 is 5.42. The molecule has 0 spiro atoms. The number of carbonyl (C=O) groups is 2. The van der Waals surface area contributed by atoms with Crippen LogP contribution in [-0.2, 0) is 26.3 Å². The van der Waals surface area contributed by atoms with E-state index in [-0.39, 0.29) is 30.6 Å². The lowest BCUT2D eigenvalue weighted by molar-refractivity contribution is -0.139. The van der Waals surface area contributed by atoms with Crippen molar-refractivity contribution in [1.29, 1.82) is 0 Å². The number of aromatic amines is 1. The van der Waals surface area contributed by atoms with E-state index in [1.54, 1.807) is 31.2 Å². The van der Waals surface area contributed by atoms with Gasteiger partial charge in [-0.25, -0.2) is 0 Å². The number of esters is 1. The van der Waals surface area contributed by atoms with E-state index < -0.39 is 17.4 Å². The van der Waals surface area contributed by atoms with Crippen LogP contribution in [0.4, 0.5) is 5.95 Å². The van der Waals surface area contributed by atoms with Gasteiger partial charge in [-0.15, -0.1) is 17.5 Å². The number of nitrogens with one attached hydrogen (secondary N) is 2. The standard InChI is InChI=1S/C14H16BrN5O3.ClH/c1-14(16,8-3-5-9(15)6-4-8)12(22)18-13-17-10(19-20-13)7-11(21)23-2;/h3-6H,7,16H2,1-2H3,(H2,17,18,19,20,22);1H. The number of nitrogens with zero attached hydrogens (tertiary/aromatic N) is 2. The number of carbonyl (C=O) groups excluding carboxylic acids is 2. The molecule has 8 nitrogen and oxygen atoms in total. The molecule has 0 aliphatic rings. The molecular formula is C14H17BrClN5O3. The Labute approximate surface area is 153 Å². The zero-order chi connectivity index (χ0) is 17.0. The van der Waals surface area contributed by atoms with Crippen LogP contribution < -0.4 is 11.1 Å². The summed E-state index contributed by atoms with van der Waals surface area (Å²) in [4.78, 5) is 27.5. The van der Waals surface area contributed by atoms with Crippen molar-refractivity contribution in [2.45, 2.75) is 18.9 Å². The average Bonchev–Trinajstić information content (AvgIpc) is 2.94. The number of ether oxygens (including phenoxy) is 1. The number of H-pyrrole nitrogens is 1. The van der Waals surface area contributed by atoms with E-state index in [9.17, 15) is 9.59 Å². The van der Waals surface area contributed by atoms with Gasteiger partial charge in [0.25, 0.3) is 5.91 Å². The summed E-state index contributed by atoms with van der Waals surface area (Å²) >= 11 is 3.33. The third-order valence-electron chi connectivity index (χ3n) is 3.21. The maximum Gasteiger partial charge on any atom is 0.313 e. The molecule has 1 unspecified atom stereocenters. The van der Waals surface area contributed by atoms with Gasteiger partial charge in [0.15, 0.2) is 0 Å². The van der Waals surface area contributed by atoms with Gasteiger partial charge in [0.05, 0.1) is 7.11 Å². The minimum absolute atomic E-state index is 0. The fourth-order valence-corrected chi connectivity index (χ4v) is 2.06. The second-order valence-corrected chi connectivity index (χ2v) is 5.94. The zero-order valence-electron chi connectivity index (χ0n) is 13.0. The molecule has 0 aliphatic carbocycles. The molecule has 0 saturated heterocycles. The largest absolute Gasteiger partial charge is 0.469 e. The quantitative estimate of drug-likeness (QED) is 0.633. The molecule has 0 bridgehead atoms. The van der Waals surface area contributed by atoms with E-state index in [0.717, 1.165) is 4.47 Å². The van der Waals surface area contributed by atoms with Gasteiger partial charge in [-0.1, -0.05) is 28.1 Å². The Bertz CT molecular complexity index is 717. The van der Waals surface area contributed by atoms with E-state index in [1.165, 1.54) is 7.11 Å². The summed E-state index contributed by atoms with van der Waals surface area (Å²) in [5.41, 5.74) is 5.50. The fourth-order valence-electron chi connectivity index (χ4n) is 1.80. The fraction of sp³-hybridized carbons (Fsp3) is 0.286. The highest BCUT2D eigenvalue weighted by molar-refractivity contribution is 9.10. The van der Waals surface area contributed by atoms with Crippen LogP contribution in [-0.4, -0.2) is 34.2 Å². The van der Waals surface area contributed by atoms with Crippen LogP contribution >= 0.6 is 28.3 Å². The van der Waals surface area contributed by atoms with Crippen molar-refractivity contribution in [2.75, 3.05) is 12.4 Å². The SMILES string of the molecule is COC(=O)Cc1nc(NC(=O)C(C)(N)c2ccc(Br)cc2)n[nH]1.Cl. The first-order valence-corrected chi connectivity index (χ1v) is 7.46. The summed E-state index contributed by atoms with van der Waals surface area (Å²) in [6, 6.07) is 7.11. The number of anilines is 1. The predicted octanol–water partition coefficient (Wildman–Crippen LogP) is 1.52. The van der Waals surface area contributed by atoms with Crippen LogP contribution in [0.15, 0.2) is 28.7 Å². The van der Waals surface area contributed by atoms with Gasteiger partial charge in [-0.3, -0.25) is 20.0 Å². The molecule has 0 radical (unpaired) electrons. The van der Waals surface area contributed by atoms with Gasteiger partial charge >= 0.3 is 5.97 Å². The van der Waals surface area contributed by atoms with E-state index in [0.29, 0.717) is 5.56 Å². The number of methoxy groups -OCH3 is 1. The van der Waals surface area contributed by atoms with Crippen molar-refractivity contribution in [3.05, 3.63) is 40.1 Å². The van der Waals surface area contributed by atoms with Gasteiger partial charge in [0.1, 0.15) is 17.8 Å². The Balaban J connectivity index is 0.00000288. The van der Waals surface area contributed by atoms with Crippen molar-refractivity contribution < 1.29 is 14.3 Å². The van der Waals surface area contributed by atoms with E-state index in [2.05, 4.69) is 41.2 Å². The number of amides is 1. The topological polar surface area (TPSA) is 123 Å². The van der Waals surface area contributed by atoms with E-state index in [4.69, 9.17) is 5.73 Å². The van der Waals surface area contributed by atoms with Gasteiger partial charge in [0.2, 0.25) is 5.95 Å². The van der Waals surface area contributed by atoms with Crippen LogP contribution in [0.25, 0.3) is 0 Å². The molecule has 4 N–H and O–H groups in total. The van der Waals surface area contributed by atoms with E-state index >= 15 is 0 Å². The summed E-state index contributed by atoms with van der Waals surface area (Å²) in [5.74, 6) is -0.599. The van der Waals surface area contributed by atoms with Gasteiger partial charge in [0, 0.05) is 4.47 Å². The first-order valence-electron chi connectivity index (χ1n) is 6.67. The second kappa shape index (κ2) is 8.22. The van der Waals surface area contributed by atoms with Crippen LogP contribution in [0.5, 0.6) is 0 Å². The Morgan fingerprint density at radius 3 is 2.58 bits per heavy atom. The number of benzene rings is 1. The van der Waals surface area contributed by atoms with Crippen molar-refractivity contribution in [3.8, 4) is 0 Å². The Hall–Kier alpha value is -1.97. The third-order valence-corrected chi connectivity index (χ3v) is 3.74. The smallest absolute Gasteiger partial charge is 0.313 e. The Kier molecular flexibility index (Phi) is 6.88. The molecule has 2 aromatic rings. The summed E-state index contributed by atoms with van der Waals surface area (Å²) in [6.45, 7) is 1.59. The molecule has 1 amide bonds. The molecule has 0 aliphatic heterocycles. The lowest BCUT2D eigenvalue weighted by atomic mass is 9.92. The van der Waals surface area contributed by atoms with Crippen LogP contribution in [0.2, 0.25) is 0 Å². The number of nitrogens with two attached hydrogens (primary N) is 1. The summed E-state index contributed by atoms with van der Waals surface area (Å²) in [7, 11) is 1.28. The minimum Gasteiger partial charge on any atom is -0.469 e. The highest BCUT2D eigenvalue weighted by Gasteiger charge is 2.31. The lowest BCUT2D eigenvalue weighted by Gasteiger charge is -2.23. The Morgan fingerprint density at radius 2 is 2.00 bits per heavy atom. The molecule has 130 valence electrons. The monoisotopic (exact) mass is 417 g/mol. The number of rotatable bonds is 5. The molecule has 0 fully saturated rings. The number of aromatic nitrogens is 3. The number of hydrogen-bond donors (Lipinski definition) is 3. The first kappa shape index (κ1) is 20.1. The average molecular weight is 419 g/mol. The lowest BCUT2D eigenvalue weighted by Crippen LogP contribution is -2.45. The van der Waals surface area contributed by atoms with Crippen molar-refractivity contribution in [3.63, 3.8) is 0 Å². The summed E-state index contributed by atoms with van der Waals surface area (Å²) in [5, 5.41) is 8.90. The highest BCUT2D eigenvalue weighted by Crippen LogP contribution is 2.21. The number of halogens is 2. The molecule has 1 aromatic carbocycles. The minimum atomic E-state index is -1.26. The molecule has 0 saturated carbocycles. The van der Waals surface area contributed by atoms with Gasteiger partial charge < -0.3 is 10.5 Å². The summed E-state index contributed by atoms with van der Waals surface area (Å²) in [6.07, 6.45) is -0.0635. The van der Waals surface area contributed by atoms with Crippen LogP contribution in [0, 0.1) is 0 Å². The van der Waals surface area contributed by atoms with Gasteiger partial charge in [-0.05, 0) is 24.6 Å². The van der Waals surface area contributed by atoms with Crippen LogP contribution in [0.1, 0.15) is 18.3 Å². The zero-order valence-corrected chi connectivity index (χ0v) is 15.4. The highest BCUT2D eigenvalue weighted by atomic mass is 79.9. The normalized spacial score (nSPS) is 12.7. The van der Waals surface area contributed by atoms with Crippen molar-refractivity contribution >= 4 is 46.2 Å². The van der Waals surface area contributed by atoms with E-state index in [1.807, 2.05) is 0 Å². The maximum absolute atomic E-state index is 12.4. The molecule has 1 atom stereocenters. The predicted molar refractivity (Wildman–Crippen MR) is 93.7 cm³/mol. The first-order chi connectivity index (χ1) is 10.8. The molecule has 1 aromatic heterocycles. The third kappa shape index (κ3) is 4.76. The van der Waals surface area contributed by atoms with Gasteiger partial charge in [-0.2, -0.15) is 4.98 Å². The second-order valence-electron chi connectivity index (χ2n) is 5.02.